The molecule has 7 nitrogen and oxygen atoms in total. The fourth-order valence-corrected chi connectivity index (χ4v) is 0.270. The van der Waals surface area contributed by atoms with Crippen LogP contribution in [0.4, 0.5) is 0 Å². The zero-order chi connectivity index (χ0) is 12.6. The molecule has 0 bridgehead atoms. The van der Waals surface area contributed by atoms with Crippen molar-refractivity contribution in [1.82, 2.24) is 0 Å². The highest BCUT2D eigenvalue weighted by atomic mass is 16.4. The van der Waals surface area contributed by atoms with Crippen LogP contribution in [-0.4, -0.2) is 50.6 Å². The molecular weight excluding hydrogens is 206 g/mol. The third-order valence-electron chi connectivity index (χ3n) is 1.45. The number of carboxylic acids is 2. The molecule has 0 aliphatic rings. The average molecular weight is 223 g/mol. The first-order valence-electron chi connectivity index (χ1n) is 4.31. The number of rotatable bonds is 4. The van der Waals surface area contributed by atoms with E-state index in [2.05, 4.69) is 6.92 Å². The lowest BCUT2D eigenvalue weighted by Gasteiger charge is -2.07. The minimum absolute atomic E-state index is 0.384. The maximum absolute atomic E-state index is 9.77. The lowest BCUT2D eigenvalue weighted by Crippen LogP contribution is -2.39. The number of hydrogen-bond donors (Lipinski definition) is 5. The molecule has 0 amide bonds. The third-order valence-corrected chi connectivity index (χ3v) is 1.45. The summed E-state index contributed by atoms with van der Waals surface area (Å²) in [5, 5.41) is 32.5. The molecule has 1 unspecified atom stereocenters. The smallest absolute Gasteiger partial charge is 0.335 e. The van der Waals surface area contributed by atoms with E-state index in [4.69, 9.17) is 26.2 Å². The van der Waals surface area contributed by atoms with Gasteiger partial charge in [0, 0.05) is 6.04 Å². The van der Waals surface area contributed by atoms with Crippen LogP contribution in [0.15, 0.2) is 0 Å². The van der Waals surface area contributed by atoms with Gasteiger partial charge >= 0.3 is 11.9 Å². The first kappa shape index (κ1) is 16.3. The molecular formula is C8H17NO6. The van der Waals surface area contributed by atoms with Gasteiger partial charge in [0.2, 0.25) is 0 Å². The van der Waals surface area contributed by atoms with E-state index in [0.29, 0.717) is 6.04 Å². The third kappa shape index (κ3) is 9.13. The lowest BCUT2D eigenvalue weighted by atomic mass is 10.2. The van der Waals surface area contributed by atoms with E-state index in [0.717, 1.165) is 6.42 Å². The zero-order valence-electron chi connectivity index (χ0n) is 8.62. The Morgan fingerprint density at radius 3 is 1.40 bits per heavy atom. The molecule has 0 aliphatic carbocycles. The van der Waals surface area contributed by atoms with Crippen molar-refractivity contribution in [2.24, 2.45) is 5.73 Å². The van der Waals surface area contributed by atoms with Gasteiger partial charge in [-0.05, 0) is 13.3 Å². The summed E-state index contributed by atoms with van der Waals surface area (Å²) in [5.74, 6) is -3.54. The Hall–Kier alpha value is -1.18. The van der Waals surface area contributed by atoms with E-state index < -0.39 is 24.1 Å². The quantitative estimate of drug-likeness (QED) is 0.395. The monoisotopic (exact) mass is 223 g/mol. The molecule has 0 radical (unpaired) electrons. The number of nitrogens with two attached hydrogens (primary N) is 1. The van der Waals surface area contributed by atoms with Gasteiger partial charge in [0.25, 0.3) is 0 Å². The van der Waals surface area contributed by atoms with E-state index in [-0.39, 0.29) is 0 Å². The number of aliphatic hydroxyl groups is 2. The summed E-state index contributed by atoms with van der Waals surface area (Å²) in [6.07, 6.45) is -3.45. The standard InChI is InChI=1S/C4H11N.C4H6O6/c1-3-4(2)5;5-1(3(7)8)2(6)4(9)10/h4H,3,5H2,1-2H3;1-2,5-6H,(H,7,8)(H,9,10)/t;1-,2-/m.1/s1. The zero-order valence-corrected chi connectivity index (χ0v) is 8.62. The maximum atomic E-state index is 9.77. The Labute approximate surface area is 87.1 Å². The Morgan fingerprint density at radius 2 is 1.33 bits per heavy atom. The molecule has 0 aromatic carbocycles. The molecule has 0 saturated carbocycles. The maximum Gasteiger partial charge on any atom is 0.335 e. The van der Waals surface area contributed by atoms with Crippen LogP contribution in [0.5, 0.6) is 0 Å². The van der Waals surface area contributed by atoms with Crippen LogP contribution in [0, 0.1) is 0 Å². The van der Waals surface area contributed by atoms with Crippen LogP contribution in [0.25, 0.3) is 0 Å². The van der Waals surface area contributed by atoms with E-state index in [1.54, 1.807) is 0 Å². The number of carbonyl (C=O) groups is 2. The van der Waals surface area contributed by atoms with Gasteiger partial charge in [-0.2, -0.15) is 0 Å². The molecule has 0 aromatic heterocycles. The van der Waals surface area contributed by atoms with Gasteiger partial charge in [0.15, 0.2) is 12.2 Å². The Balaban J connectivity index is 0. The highest BCUT2D eigenvalue weighted by Crippen LogP contribution is 1.92. The normalized spacial score (nSPS) is 15.5. The van der Waals surface area contributed by atoms with Crippen LogP contribution in [0.2, 0.25) is 0 Å². The van der Waals surface area contributed by atoms with Crippen LogP contribution in [0.3, 0.4) is 0 Å². The van der Waals surface area contributed by atoms with Gasteiger partial charge < -0.3 is 26.2 Å². The Kier molecular flexibility index (Phi) is 8.84. The molecule has 0 aliphatic heterocycles. The summed E-state index contributed by atoms with van der Waals surface area (Å²) >= 11 is 0. The van der Waals surface area contributed by atoms with Gasteiger partial charge in [-0.25, -0.2) is 9.59 Å². The van der Waals surface area contributed by atoms with Gasteiger partial charge in [-0.3, -0.25) is 0 Å². The molecule has 90 valence electrons. The van der Waals surface area contributed by atoms with Gasteiger partial charge in [-0.1, -0.05) is 6.92 Å². The summed E-state index contributed by atoms with van der Waals surface area (Å²) < 4.78 is 0. The largest absolute Gasteiger partial charge is 0.479 e. The summed E-state index contributed by atoms with van der Waals surface area (Å²) in [4.78, 5) is 19.5. The Morgan fingerprint density at radius 1 is 1.13 bits per heavy atom. The summed E-state index contributed by atoms with van der Waals surface area (Å²) in [7, 11) is 0. The molecule has 15 heavy (non-hydrogen) atoms. The molecule has 7 heteroatoms. The predicted octanol–water partition coefficient (Wildman–Crippen LogP) is -1.38. The molecule has 0 fully saturated rings. The van der Waals surface area contributed by atoms with Crippen molar-refractivity contribution in [1.29, 1.82) is 0 Å². The minimum Gasteiger partial charge on any atom is -0.479 e. The van der Waals surface area contributed by atoms with Crippen molar-refractivity contribution in [3.63, 3.8) is 0 Å². The average Bonchev–Trinajstić information content (AvgIpc) is 2.16. The number of hydrogen-bond acceptors (Lipinski definition) is 5. The molecule has 6 N–H and O–H groups in total. The van der Waals surface area contributed by atoms with E-state index in [9.17, 15) is 9.59 Å². The molecule has 0 rings (SSSR count). The van der Waals surface area contributed by atoms with Crippen molar-refractivity contribution in [2.75, 3.05) is 0 Å². The molecule has 0 heterocycles. The van der Waals surface area contributed by atoms with Gasteiger partial charge in [0.05, 0.1) is 0 Å². The second kappa shape index (κ2) is 8.16. The highest BCUT2D eigenvalue weighted by molar-refractivity contribution is 5.83. The summed E-state index contributed by atoms with van der Waals surface area (Å²) in [6.45, 7) is 4.07. The fraction of sp³-hybridized carbons (Fsp3) is 0.750. The van der Waals surface area contributed by atoms with Gasteiger partial charge in [-0.15, -0.1) is 0 Å². The van der Waals surface area contributed by atoms with Crippen molar-refractivity contribution in [2.45, 2.75) is 38.5 Å². The van der Waals surface area contributed by atoms with Crippen molar-refractivity contribution in [3.05, 3.63) is 0 Å². The van der Waals surface area contributed by atoms with E-state index in [1.807, 2.05) is 6.92 Å². The SMILES string of the molecule is CCC(C)N.O=C(O)[C@H](O)[C@@H](O)C(=O)O. The highest BCUT2D eigenvalue weighted by Gasteiger charge is 2.29. The minimum atomic E-state index is -2.27. The topological polar surface area (TPSA) is 141 Å². The van der Waals surface area contributed by atoms with E-state index >= 15 is 0 Å². The lowest BCUT2D eigenvalue weighted by molar-refractivity contribution is -0.165. The fourth-order valence-electron chi connectivity index (χ4n) is 0.270. The summed E-state index contributed by atoms with van der Waals surface area (Å²) in [5.41, 5.74) is 5.29. The molecule has 0 aromatic rings. The van der Waals surface area contributed by atoms with E-state index in [1.165, 1.54) is 0 Å². The first-order valence-corrected chi connectivity index (χ1v) is 4.31. The number of aliphatic carboxylic acids is 2. The number of carboxylic acid groups (broad SMARTS) is 2. The molecule has 0 saturated heterocycles. The van der Waals surface area contributed by atoms with Crippen LogP contribution in [-0.2, 0) is 9.59 Å². The Bertz CT molecular complexity index is 187. The summed E-state index contributed by atoms with van der Waals surface area (Å²) in [6, 6.07) is 0.384. The second-order valence-electron chi connectivity index (χ2n) is 2.95. The van der Waals surface area contributed by atoms with Crippen LogP contribution in [0.1, 0.15) is 20.3 Å². The van der Waals surface area contributed by atoms with Crippen LogP contribution >= 0.6 is 0 Å². The molecule has 0 spiro atoms. The second-order valence-corrected chi connectivity index (χ2v) is 2.95. The van der Waals surface area contributed by atoms with Crippen LogP contribution < -0.4 is 5.73 Å². The molecule has 3 atom stereocenters. The number of aliphatic hydroxyl groups excluding tert-OH is 2. The van der Waals surface area contributed by atoms with Crippen molar-refractivity contribution < 1.29 is 30.0 Å². The predicted molar refractivity (Wildman–Crippen MR) is 51.2 cm³/mol. The first-order chi connectivity index (χ1) is 6.73. The van der Waals surface area contributed by atoms with Crippen molar-refractivity contribution >= 4 is 11.9 Å². The van der Waals surface area contributed by atoms with Crippen molar-refractivity contribution in [3.8, 4) is 0 Å². The van der Waals surface area contributed by atoms with Gasteiger partial charge in [0.1, 0.15) is 0 Å².